The van der Waals surface area contributed by atoms with Crippen LogP contribution in [0.1, 0.15) is 0 Å². The third-order valence-corrected chi connectivity index (χ3v) is 5.90. The fraction of sp³-hybridized carbons (Fsp3) is 0.125. The maximum Gasteiger partial charge on any atom is 0.414 e. The van der Waals surface area contributed by atoms with Crippen molar-refractivity contribution in [2.45, 2.75) is 0 Å². The lowest BCUT2D eigenvalue weighted by Crippen LogP contribution is -2.46. The van der Waals surface area contributed by atoms with Crippen molar-refractivity contribution in [1.29, 1.82) is 0 Å². The second-order valence-electron chi connectivity index (χ2n) is 7.37. The number of nitrogens with zero attached hydrogens (tertiary/aromatic N) is 4. The smallest absolute Gasteiger partial charge is 0.414 e. The summed E-state index contributed by atoms with van der Waals surface area (Å²) in [5.74, 6) is 6.08. The summed E-state index contributed by atoms with van der Waals surface area (Å²) < 4.78 is 11.9. The highest BCUT2D eigenvalue weighted by Gasteiger charge is 2.26. The molecule has 2 aromatic heterocycles. The minimum Gasteiger partial charge on any atom is -0.497 e. The Bertz CT molecular complexity index is 1390. The average molecular weight is 514 g/mol. The number of pyridine rings is 1. The second-order valence-corrected chi connectivity index (χ2v) is 8.21. The van der Waals surface area contributed by atoms with Crippen LogP contribution in [0.3, 0.4) is 0 Å². The number of carbonyl (C=O) groups is 2. The first-order chi connectivity index (χ1) is 16.8. The molecule has 0 atom stereocenters. The number of nitrogens with two attached hydrogens (primary N) is 1. The van der Waals surface area contributed by atoms with Crippen LogP contribution in [-0.4, -0.2) is 42.1 Å². The zero-order chi connectivity index (χ0) is 25.1. The van der Waals surface area contributed by atoms with Crippen molar-refractivity contribution >= 4 is 52.2 Å². The first-order valence-electron chi connectivity index (χ1n) is 10.3. The van der Waals surface area contributed by atoms with Gasteiger partial charge in [-0.2, -0.15) is 0 Å². The molecule has 0 unspecified atom stereocenters. The second kappa shape index (κ2) is 10.2. The largest absolute Gasteiger partial charge is 0.497 e. The van der Waals surface area contributed by atoms with E-state index in [2.05, 4.69) is 4.98 Å². The number of hydrogen-bond acceptors (Lipinski definition) is 6. The molecule has 2 heterocycles. The van der Waals surface area contributed by atoms with Crippen molar-refractivity contribution in [3.05, 3.63) is 77.0 Å². The quantitative estimate of drug-likeness (QED) is 0.225. The number of aromatic nitrogens is 2. The normalized spacial score (nSPS) is 10.8. The molecule has 4 rings (SSSR count). The predicted molar refractivity (Wildman–Crippen MR) is 135 cm³/mol. The van der Waals surface area contributed by atoms with Crippen LogP contribution >= 0.6 is 23.2 Å². The van der Waals surface area contributed by atoms with Crippen molar-refractivity contribution < 1.29 is 19.1 Å². The minimum absolute atomic E-state index is 0.355. The van der Waals surface area contributed by atoms with Crippen LogP contribution in [-0.2, 0) is 9.53 Å². The maximum atomic E-state index is 13.0. The fourth-order valence-corrected chi connectivity index (χ4v) is 3.97. The van der Waals surface area contributed by atoms with E-state index < -0.39 is 18.5 Å². The highest BCUT2D eigenvalue weighted by molar-refractivity contribution is 6.33. The van der Waals surface area contributed by atoms with Gasteiger partial charge in [0.2, 0.25) is 0 Å². The Morgan fingerprint density at radius 1 is 1.06 bits per heavy atom. The molecule has 0 spiro atoms. The lowest BCUT2D eigenvalue weighted by atomic mass is 10.1. The fourth-order valence-electron chi connectivity index (χ4n) is 3.58. The third-order valence-electron chi connectivity index (χ3n) is 5.33. The molecule has 9 nitrogen and oxygen atoms in total. The molecular formula is C24H21Cl2N5O4. The molecule has 0 aliphatic heterocycles. The van der Waals surface area contributed by atoms with Gasteiger partial charge in [-0.25, -0.2) is 20.6 Å². The number of carbonyl (C=O) groups excluding carboxylic acids is 2. The Labute approximate surface area is 211 Å². The summed E-state index contributed by atoms with van der Waals surface area (Å²) in [6.45, 7) is -0.392. The van der Waals surface area contributed by atoms with Gasteiger partial charge in [0, 0.05) is 23.0 Å². The molecule has 0 saturated heterocycles. The first-order valence-corrected chi connectivity index (χ1v) is 11.1. The summed E-state index contributed by atoms with van der Waals surface area (Å²) in [4.78, 5) is 31.2. The highest BCUT2D eigenvalue weighted by atomic mass is 35.5. The molecule has 2 aromatic carbocycles. The summed E-state index contributed by atoms with van der Waals surface area (Å²) in [6, 6.07) is 15.2. The number of anilines is 2. The lowest BCUT2D eigenvalue weighted by molar-refractivity contribution is -0.117. The van der Waals surface area contributed by atoms with Gasteiger partial charge in [-0.15, -0.1) is 0 Å². The maximum absolute atomic E-state index is 13.0. The van der Waals surface area contributed by atoms with Gasteiger partial charge in [0.25, 0.3) is 5.91 Å². The number of fused-ring (bicyclic) bond motifs is 1. The topological polar surface area (TPSA) is 102 Å². The Morgan fingerprint density at radius 3 is 2.46 bits per heavy atom. The van der Waals surface area contributed by atoms with E-state index in [4.69, 9.17) is 38.5 Å². The van der Waals surface area contributed by atoms with E-state index in [1.54, 1.807) is 72.4 Å². The van der Waals surface area contributed by atoms with Crippen LogP contribution in [0.4, 0.5) is 16.2 Å². The summed E-state index contributed by atoms with van der Waals surface area (Å²) in [5.41, 5.74) is 2.65. The van der Waals surface area contributed by atoms with Gasteiger partial charge in [0.1, 0.15) is 12.3 Å². The molecule has 35 heavy (non-hydrogen) atoms. The number of hydrazine groups is 1. The Kier molecular flexibility index (Phi) is 7.11. The van der Waals surface area contributed by atoms with E-state index >= 15 is 0 Å². The zero-order valence-corrected chi connectivity index (χ0v) is 20.3. The summed E-state index contributed by atoms with van der Waals surface area (Å²) in [7, 11) is 2.79. The van der Waals surface area contributed by atoms with Crippen LogP contribution in [0.2, 0.25) is 10.0 Å². The Balaban J connectivity index is 1.71. The summed E-state index contributed by atoms with van der Waals surface area (Å²) in [6.07, 6.45) is 2.57. The Morgan fingerprint density at radius 2 is 1.80 bits per heavy atom. The molecule has 11 heteroatoms. The van der Waals surface area contributed by atoms with E-state index in [0.717, 1.165) is 16.3 Å². The number of amides is 2. The summed E-state index contributed by atoms with van der Waals surface area (Å²) >= 11 is 12.4. The highest BCUT2D eigenvalue weighted by Crippen LogP contribution is 2.34. The zero-order valence-electron chi connectivity index (χ0n) is 18.8. The van der Waals surface area contributed by atoms with Gasteiger partial charge in [0.05, 0.1) is 36.3 Å². The Hall–Kier alpha value is -3.79. The average Bonchev–Trinajstić information content (AvgIpc) is 3.36. The van der Waals surface area contributed by atoms with Crippen molar-refractivity contribution in [3.63, 3.8) is 0 Å². The molecule has 0 bridgehead atoms. The predicted octanol–water partition coefficient (Wildman–Crippen LogP) is 4.80. The van der Waals surface area contributed by atoms with E-state index in [0.29, 0.717) is 32.8 Å². The summed E-state index contributed by atoms with van der Waals surface area (Å²) in [5, 5.41) is 1.93. The van der Waals surface area contributed by atoms with Crippen molar-refractivity contribution in [2.75, 3.05) is 30.7 Å². The minimum atomic E-state index is -0.747. The van der Waals surface area contributed by atoms with Crippen LogP contribution in [0, 0.1) is 0 Å². The number of halogens is 2. The van der Waals surface area contributed by atoms with Crippen LogP contribution in [0.5, 0.6) is 5.75 Å². The van der Waals surface area contributed by atoms with E-state index in [1.165, 1.54) is 12.0 Å². The van der Waals surface area contributed by atoms with Gasteiger partial charge >= 0.3 is 6.09 Å². The van der Waals surface area contributed by atoms with Gasteiger partial charge < -0.3 is 9.47 Å². The lowest BCUT2D eigenvalue weighted by Gasteiger charge is -2.25. The number of imidazole rings is 1. The standard InChI is InChI=1S/C24H21Cl2N5O4/c1-34-17-7-8-18(19(26)13-17)20-9-10-21(23-28-11-12-29(20)23)30(24(33)35-2)14-22(32)31(27)16-5-3-15(25)4-6-16/h3-13H,14,27H2,1-2H3. The molecule has 0 aliphatic carbocycles. The molecule has 2 N–H and O–H groups in total. The number of methoxy groups -OCH3 is 2. The van der Waals surface area contributed by atoms with Crippen LogP contribution in [0.25, 0.3) is 16.9 Å². The molecule has 2 amide bonds. The van der Waals surface area contributed by atoms with E-state index in [-0.39, 0.29) is 0 Å². The van der Waals surface area contributed by atoms with Crippen molar-refractivity contribution in [1.82, 2.24) is 9.38 Å². The van der Waals surface area contributed by atoms with Crippen LogP contribution < -0.4 is 20.5 Å². The number of benzene rings is 2. The van der Waals surface area contributed by atoms with Gasteiger partial charge in [-0.1, -0.05) is 23.2 Å². The van der Waals surface area contributed by atoms with E-state index in [1.807, 2.05) is 6.07 Å². The number of rotatable bonds is 6. The molecule has 4 aromatic rings. The van der Waals surface area contributed by atoms with Gasteiger partial charge in [-0.05, 0) is 54.6 Å². The van der Waals surface area contributed by atoms with Gasteiger partial charge in [0.15, 0.2) is 5.65 Å². The van der Waals surface area contributed by atoms with Crippen molar-refractivity contribution in [3.8, 4) is 17.0 Å². The van der Waals surface area contributed by atoms with Gasteiger partial charge in [-0.3, -0.25) is 14.1 Å². The molecule has 0 fully saturated rings. The molecule has 0 radical (unpaired) electrons. The van der Waals surface area contributed by atoms with Crippen molar-refractivity contribution in [2.24, 2.45) is 5.84 Å². The monoisotopic (exact) mass is 513 g/mol. The molecule has 0 saturated carbocycles. The molecule has 180 valence electrons. The van der Waals surface area contributed by atoms with E-state index in [9.17, 15) is 9.59 Å². The molecule has 0 aliphatic rings. The first kappa shape index (κ1) is 24.3. The SMILES string of the molecule is COC(=O)N(CC(=O)N(N)c1ccc(Cl)cc1)c1ccc(-c2ccc(OC)cc2Cl)n2ccnc12. The third kappa shape index (κ3) is 4.88. The molecular weight excluding hydrogens is 493 g/mol. The number of ether oxygens (including phenoxy) is 2. The number of hydrogen-bond donors (Lipinski definition) is 1. The van der Waals surface area contributed by atoms with Crippen LogP contribution in [0.15, 0.2) is 67.0 Å².